The van der Waals surface area contributed by atoms with Crippen LogP contribution in [-0.4, -0.2) is 15.0 Å². The number of rotatable bonds is 5. The van der Waals surface area contributed by atoms with Crippen LogP contribution in [0, 0.1) is 0 Å². The molecule has 0 aliphatic rings. The van der Waals surface area contributed by atoms with Crippen LogP contribution in [-0.2, 0) is 0 Å². The SMILES string of the molecule is c1ccc(-c2nc(-c3ccc4c(c3)oc3ccccc34)nc(-c3ccc4c(c3)oc3cc(-c5ccccc5-c5ccc6c(c5)oc5ccccc56)ccc34)n2)cc1. The van der Waals surface area contributed by atoms with Crippen molar-refractivity contribution in [3.63, 3.8) is 0 Å². The van der Waals surface area contributed by atoms with Gasteiger partial charge in [-0.3, -0.25) is 0 Å². The Labute approximate surface area is 325 Å². The molecule has 266 valence electrons. The lowest BCUT2D eigenvalue weighted by Crippen LogP contribution is -2.00. The first-order chi connectivity index (χ1) is 28.2. The molecule has 0 saturated heterocycles. The molecular formula is C51H29N3O3. The van der Waals surface area contributed by atoms with Crippen molar-refractivity contribution in [1.82, 2.24) is 15.0 Å². The van der Waals surface area contributed by atoms with Crippen LogP contribution in [0.4, 0.5) is 0 Å². The summed E-state index contributed by atoms with van der Waals surface area (Å²) in [5.74, 6) is 1.71. The van der Waals surface area contributed by atoms with Crippen molar-refractivity contribution >= 4 is 65.8 Å². The van der Waals surface area contributed by atoms with Crippen LogP contribution >= 0.6 is 0 Å². The molecule has 0 unspecified atom stereocenters. The molecule has 8 aromatic carbocycles. The van der Waals surface area contributed by atoms with Gasteiger partial charge >= 0.3 is 0 Å². The van der Waals surface area contributed by atoms with Gasteiger partial charge in [-0.2, -0.15) is 0 Å². The van der Waals surface area contributed by atoms with Crippen molar-refractivity contribution in [2.45, 2.75) is 0 Å². The highest BCUT2D eigenvalue weighted by Crippen LogP contribution is 2.40. The monoisotopic (exact) mass is 731 g/mol. The lowest BCUT2D eigenvalue weighted by molar-refractivity contribution is 0.668. The van der Waals surface area contributed by atoms with E-state index in [9.17, 15) is 0 Å². The quantitative estimate of drug-likeness (QED) is 0.175. The topological polar surface area (TPSA) is 78.1 Å². The molecule has 6 heteroatoms. The Kier molecular flexibility index (Phi) is 6.83. The fraction of sp³-hybridized carbons (Fsp3) is 0. The Bertz CT molecular complexity index is 3540. The normalized spacial score (nSPS) is 11.9. The van der Waals surface area contributed by atoms with Gasteiger partial charge < -0.3 is 13.3 Å². The molecule has 6 nitrogen and oxygen atoms in total. The second kappa shape index (κ2) is 12.3. The number of para-hydroxylation sites is 2. The lowest BCUT2D eigenvalue weighted by Gasteiger charge is -2.10. The van der Waals surface area contributed by atoms with Crippen molar-refractivity contribution < 1.29 is 13.3 Å². The second-order valence-corrected chi connectivity index (χ2v) is 14.4. The summed E-state index contributed by atoms with van der Waals surface area (Å²) in [6, 6.07) is 60.0. The molecule has 12 aromatic rings. The summed E-state index contributed by atoms with van der Waals surface area (Å²) >= 11 is 0. The van der Waals surface area contributed by atoms with Gasteiger partial charge in [-0.05, 0) is 82.9 Å². The van der Waals surface area contributed by atoms with Crippen LogP contribution in [0.1, 0.15) is 0 Å². The minimum absolute atomic E-state index is 0.557. The number of fused-ring (bicyclic) bond motifs is 9. The first-order valence-corrected chi connectivity index (χ1v) is 18.9. The third-order valence-electron chi connectivity index (χ3n) is 11.0. The molecule has 0 saturated carbocycles. The highest BCUT2D eigenvalue weighted by Gasteiger charge is 2.18. The predicted octanol–water partition coefficient (Wildman–Crippen LogP) is 13.9. The van der Waals surface area contributed by atoms with Crippen LogP contribution < -0.4 is 0 Å². The molecule has 0 aliphatic heterocycles. The van der Waals surface area contributed by atoms with Crippen LogP contribution in [0.15, 0.2) is 189 Å². The van der Waals surface area contributed by atoms with Gasteiger partial charge in [0.2, 0.25) is 0 Å². The number of benzene rings is 8. The highest BCUT2D eigenvalue weighted by molar-refractivity contribution is 6.09. The predicted molar refractivity (Wildman–Crippen MR) is 229 cm³/mol. The van der Waals surface area contributed by atoms with Gasteiger partial charge in [-0.25, -0.2) is 15.0 Å². The van der Waals surface area contributed by atoms with Crippen molar-refractivity contribution in [3.05, 3.63) is 176 Å². The Hall–Kier alpha value is -7.83. The molecule has 0 aliphatic carbocycles. The molecule has 57 heavy (non-hydrogen) atoms. The summed E-state index contributed by atoms with van der Waals surface area (Å²) in [7, 11) is 0. The van der Waals surface area contributed by atoms with Crippen molar-refractivity contribution in [2.75, 3.05) is 0 Å². The Balaban J connectivity index is 0.948. The number of nitrogens with zero attached hydrogens (tertiary/aromatic N) is 3. The maximum Gasteiger partial charge on any atom is 0.164 e. The maximum atomic E-state index is 6.62. The van der Waals surface area contributed by atoms with Crippen LogP contribution in [0.5, 0.6) is 0 Å². The van der Waals surface area contributed by atoms with Crippen LogP contribution in [0.2, 0.25) is 0 Å². The molecule has 4 heterocycles. The van der Waals surface area contributed by atoms with E-state index in [-0.39, 0.29) is 0 Å². The van der Waals surface area contributed by atoms with Gasteiger partial charge in [-0.15, -0.1) is 0 Å². The number of aromatic nitrogens is 3. The molecule has 0 N–H and O–H groups in total. The molecule has 0 spiro atoms. The lowest BCUT2D eigenvalue weighted by atomic mass is 9.93. The van der Waals surface area contributed by atoms with Crippen molar-refractivity contribution in [2.24, 2.45) is 0 Å². The van der Waals surface area contributed by atoms with E-state index < -0.39 is 0 Å². The standard InChI is InChI=1S/C51H29N3O3/c1-2-10-30(11-3-1)49-52-50(33-20-24-40-38-15-7-9-17-44(38)56-47(40)28-33)54-51(53-49)34-21-25-42-41-23-19-32(27-46(41)57-48(42)29-34)36-13-5-4-12-35(36)31-18-22-39-37-14-6-8-16-43(37)55-45(39)26-31/h1-29H. The summed E-state index contributed by atoms with van der Waals surface area (Å²) in [4.78, 5) is 15.0. The molecule has 4 aromatic heterocycles. The smallest absolute Gasteiger partial charge is 0.164 e. The Morgan fingerprint density at radius 1 is 0.246 bits per heavy atom. The van der Waals surface area contributed by atoms with Crippen LogP contribution in [0.3, 0.4) is 0 Å². The molecule has 0 amide bonds. The van der Waals surface area contributed by atoms with E-state index in [1.165, 1.54) is 0 Å². The number of hydrogen-bond donors (Lipinski definition) is 0. The van der Waals surface area contributed by atoms with E-state index in [1.807, 2.05) is 84.9 Å². The minimum atomic E-state index is 0.557. The fourth-order valence-corrected chi connectivity index (χ4v) is 8.18. The van der Waals surface area contributed by atoms with Gasteiger partial charge in [0.25, 0.3) is 0 Å². The van der Waals surface area contributed by atoms with Gasteiger partial charge in [0.1, 0.15) is 33.5 Å². The maximum absolute atomic E-state index is 6.62. The van der Waals surface area contributed by atoms with Gasteiger partial charge in [0.15, 0.2) is 17.5 Å². The second-order valence-electron chi connectivity index (χ2n) is 14.4. The van der Waals surface area contributed by atoms with E-state index in [0.29, 0.717) is 17.5 Å². The molecule has 0 radical (unpaired) electrons. The van der Waals surface area contributed by atoms with Crippen molar-refractivity contribution in [3.8, 4) is 56.4 Å². The fourth-order valence-electron chi connectivity index (χ4n) is 8.18. The van der Waals surface area contributed by atoms with E-state index in [0.717, 1.165) is 105 Å². The molecule has 0 bridgehead atoms. The zero-order chi connectivity index (χ0) is 37.5. The highest BCUT2D eigenvalue weighted by atomic mass is 16.3. The molecule has 0 atom stereocenters. The van der Waals surface area contributed by atoms with Gasteiger partial charge in [0.05, 0.1) is 0 Å². The van der Waals surface area contributed by atoms with E-state index in [4.69, 9.17) is 28.2 Å². The summed E-state index contributed by atoms with van der Waals surface area (Å²) in [5, 5.41) is 6.44. The van der Waals surface area contributed by atoms with E-state index in [1.54, 1.807) is 0 Å². The molecule has 12 rings (SSSR count). The average Bonchev–Trinajstić information content (AvgIpc) is 3.96. The summed E-state index contributed by atoms with van der Waals surface area (Å²) < 4.78 is 19.1. The zero-order valence-corrected chi connectivity index (χ0v) is 30.3. The van der Waals surface area contributed by atoms with Crippen LogP contribution in [0.25, 0.3) is 122 Å². The van der Waals surface area contributed by atoms with E-state index >= 15 is 0 Å². The number of furan rings is 3. The third kappa shape index (κ3) is 5.15. The average molecular weight is 732 g/mol. The van der Waals surface area contributed by atoms with E-state index in [2.05, 4.69) is 91.0 Å². The van der Waals surface area contributed by atoms with Gasteiger partial charge in [-0.1, -0.05) is 115 Å². The third-order valence-corrected chi connectivity index (χ3v) is 11.0. The summed E-state index contributed by atoms with van der Waals surface area (Å²) in [6.07, 6.45) is 0. The number of hydrogen-bond acceptors (Lipinski definition) is 6. The van der Waals surface area contributed by atoms with Crippen molar-refractivity contribution in [1.29, 1.82) is 0 Å². The molecule has 0 fully saturated rings. The largest absolute Gasteiger partial charge is 0.456 e. The van der Waals surface area contributed by atoms with Gasteiger partial charge in [0, 0.05) is 49.0 Å². The zero-order valence-electron chi connectivity index (χ0n) is 30.3. The first kappa shape index (κ1) is 31.5. The Morgan fingerprint density at radius 3 is 1.05 bits per heavy atom. The molecular weight excluding hydrogens is 703 g/mol. The summed E-state index contributed by atoms with van der Waals surface area (Å²) in [6.45, 7) is 0. The summed E-state index contributed by atoms with van der Waals surface area (Å²) in [5.41, 5.74) is 12.0. The Morgan fingerprint density at radius 2 is 0.579 bits per heavy atom. The minimum Gasteiger partial charge on any atom is -0.456 e. The first-order valence-electron chi connectivity index (χ1n) is 18.9.